The predicted molar refractivity (Wildman–Crippen MR) is 125 cm³/mol. The van der Waals surface area contributed by atoms with Crippen LogP contribution in [0.3, 0.4) is 0 Å². The molecule has 5 aromatic rings. The average molecular weight is 480 g/mol. The van der Waals surface area contributed by atoms with Crippen LogP contribution in [-0.2, 0) is 12.8 Å². The summed E-state index contributed by atoms with van der Waals surface area (Å²) in [5.41, 5.74) is 2.19. The summed E-state index contributed by atoms with van der Waals surface area (Å²) in [6.07, 6.45) is -3.19. The summed E-state index contributed by atoms with van der Waals surface area (Å²) in [5.74, 6) is 0.588. The third-order valence-electron chi connectivity index (χ3n) is 5.32. The van der Waals surface area contributed by atoms with Gasteiger partial charge in [-0.25, -0.2) is 9.50 Å². The molecule has 0 unspecified atom stereocenters. The Kier molecular flexibility index (Phi) is 5.71. The predicted octanol–water partition coefficient (Wildman–Crippen LogP) is 7.31. The minimum atomic E-state index is -4.60. The lowest BCUT2D eigenvalue weighted by Gasteiger charge is -2.12. The molecule has 3 aromatic carbocycles. The van der Waals surface area contributed by atoms with Gasteiger partial charge in [0.25, 0.3) is 0 Å². The third-order valence-corrected chi connectivity index (χ3v) is 5.57. The fraction of sp³-hybridized carbons (Fsp3) is 0.0769. The Morgan fingerprint density at radius 3 is 2.24 bits per heavy atom. The highest BCUT2D eigenvalue weighted by atomic mass is 35.5. The highest BCUT2D eigenvalue weighted by Gasteiger charge is 2.35. The lowest BCUT2D eigenvalue weighted by atomic mass is 10.1. The highest BCUT2D eigenvalue weighted by molar-refractivity contribution is 6.30. The summed E-state index contributed by atoms with van der Waals surface area (Å²) in [4.78, 5) is 4.53. The largest absolute Gasteiger partial charge is 0.489 e. The first-order chi connectivity index (χ1) is 16.4. The quantitative estimate of drug-likeness (QED) is 0.265. The molecule has 0 saturated heterocycles. The molecule has 0 bridgehead atoms. The van der Waals surface area contributed by atoms with Gasteiger partial charge in [-0.2, -0.15) is 18.3 Å². The number of halogens is 4. The first kappa shape index (κ1) is 22.0. The summed E-state index contributed by atoms with van der Waals surface area (Å²) in [6, 6.07) is 24.2. The molecule has 0 fully saturated rings. The Labute approximate surface area is 198 Å². The van der Waals surface area contributed by atoms with Crippen molar-refractivity contribution < 1.29 is 17.9 Å². The van der Waals surface area contributed by atoms with Gasteiger partial charge in [-0.1, -0.05) is 54.1 Å². The zero-order valence-electron chi connectivity index (χ0n) is 17.6. The van der Waals surface area contributed by atoms with Crippen molar-refractivity contribution in [2.75, 3.05) is 0 Å². The smallest absolute Gasteiger partial charge is 0.433 e. The van der Waals surface area contributed by atoms with E-state index in [1.807, 2.05) is 42.5 Å². The van der Waals surface area contributed by atoms with Gasteiger partial charge in [-0.15, -0.1) is 0 Å². The van der Waals surface area contributed by atoms with Gasteiger partial charge in [-0.05, 0) is 53.6 Å². The van der Waals surface area contributed by atoms with Gasteiger partial charge >= 0.3 is 6.18 Å². The Morgan fingerprint density at radius 2 is 1.56 bits per heavy atom. The van der Waals surface area contributed by atoms with Gasteiger partial charge in [0.2, 0.25) is 0 Å². The van der Waals surface area contributed by atoms with Gasteiger partial charge in [0, 0.05) is 16.1 Å². The maximum atomic E-state index is 13.9. The van der Waals surface area contributed by atoms with Gasteiger partial charge in [0.1, 0.15) is 12.4 Å². The number of hydrogen-bond donors (Lipinski definition) is 0. The molecule has 170 valence electrons. The molecular formula is C26H17ClF3N3O. The first-order valence-corrected chi connectivity index (χ1v) is 10.8. The minimum absolute atomic E-state index is 0.138. The molecule has 0 aliphatic carbocycles. The van der Waals surface area contributed by atoms with Crippen LogP contribution >= 0.6 is 11.6 Å². The SMILES string of the molecule is FC(F)(F)c1cc(-c2ccc(OCc3ccc(Cl)cc3)cc2)nc2c(-c3ccccc3)cnn12. The number of nitrogens with zero attached hydrogens (tertiary/aromatic N) is 3. The summed E-state index contributed by atoms with van der Waals surface area (Å²) < 4.78 is 48.2. The van der Waals surface area contributed by atoms with Crippen LogP contribution in [-0.4, -0.2) is 14.6 Å². The molecule has 2 aromatic heterocycles. The molecular weight excluding hydrogens is 463 g/mol. The molecule has 0 atom stereocenters. The van der Waals surface area contributed by atoms with Crippen LogP contribution in [0.1, 0.15) is 11.3 Å². The van der Waals surface area contributed by atoms with E-state index in [0.29, 0.717) is 28.5 Å². The highest BCUT2D eigenvalue weighted by Crippen LogP contribution is 2.35. The van der Waals surface area contributed by atoms with E-state index in [-0.39, 0.29) is 11.3 Å². The number of hydrogen-bond acceptors (Lipinski definition) is 3. The molecule has 0 saturated carbocycles. The fourth-order valence-electron chi connectivity index (χ4n) is 3.60. The maximum absolute atomic E-state index is 13.9. The van der Waals surface area contributed by atoms with Gasteiger partial charge in [-0.3, -0.25) is 0 Å². The second-order valence-corrected chi connectivity index (χ2v) is 8.06. The standard InChI is InChI=1S/C26H17ClF3N3O/c27-20-10-6-17(7-11-20)16-34-21-12-8-19(9-13-21)23-14-24(26(28,29)30)33-25(32-23)22(15-31-33)18-4-2-1-3-5-18/h1-15H,16H2. The van der Waals surface area contributed by atoms with E-state index in [4.69, 9.17) is 16.3 Å². The lowest BCUT2D eigenvalue weighted by molar-refractivity contribution is -0.142. The zero-order chi connectivity index (χ0) is 23.7. The molecule has 0 amide bonds. The number of ether oxygens (including phenoxy) is 1. The number of alkyl halides is 3. The van der Waals surface area contributed by atoms with E-state index in [1.54, 1.807) is 36.4 Å². The Morgan fingerprint density at radius 1 is 0.853 bits per heavy atom. The van der Waals surface area contributed by atoms with E-state index in [1.165, 1.54) is 6.20 Å². The van der Waals surface area contributed by atoms with Crippen LogP contribution in [0.2, 0.25) is 5.02 Å². The van der Waals surface area contributed by atoms with E-state index >= 15 is 0 Å². The summed E-state index contributed by atoms with van der Waals surface area (Å²) in [5, 5.41) is 4.62. The van der Waals surface area contributed by atoms with Crippen molar-refractivity contribution in [1.82, 2.24) is 14.6 Å². The lowest BCUT2D eigenvalue weighted by Crippen LogP contribution is -2.13. The van der Waals surface area contributed by atoms with Crippen molar-refractivity contribution >= 4 is 17.2 Å². The fourth-order valence-corrected chi connectivity index (χ4v) is 3.73. The molecule has 34 heavy (non-hydrogen) atoms. The normalized spacial score (nSPS) is 11.6. The van der Waals surface area contributed by atoms with Gasteiger partial charge in [0.05, 0.1) is 11.9 Å². The van der Waals surface area contributed by atoms with Crippen molar-refractivity contribution in [1.29, 1.82) is 0 Å². The molecule has 2 heterocycles. The Balaban J connectivity index is 1.49. The first-order valence-electron chi connectivity index (χ1n) is 10.4. The molecule has 0 aliphatic heterocycles. The number of aromatic nitrogens is 3. The number of benzene rings is 3. The molecule has 8 heteroatoms. The zero-order valence-corrected chi connectivity index (χ0v) is 18.4. The van der Waals surface area contributed by atoms with Gasteiger partial charge in [0.15, 0.2) is 11.3 Å². The third kappa shape index (κ3) is 4.47. The van der Waals surface area contributed by atoms with Crippen LogP contribution in [0.5, 0.6) is 5.75 Å². The van der Waals surface area contributed by atoms with E-state index in [0.717, 1.165) is 21.7 Å². The van der Waals surface area contributed by atoms with Crippen molar-refractivity contribution in [2.24, 2.45) is 0 Å². The van der Waals surface area contributed by atoms with Crippen molar-refractivity contribution in [3.05, 3.63) is 107 Å². The van der Waals surface area contributed by atoms with Crippen molar-refractivity contribution in [3.63, 3.8) is 0 Å². The molecule has 0 N–H and O–H groups in total. The monoisotopic (exact) mass is 479 g/mol. The van der Waals surface area contributed by atoms with Gasteiger partial charge < -0.3 is 4.74 Å². The maximum Gasteiger partial charge on any atom is 0.433 e. The van der Waals surface area contributed by atoms with E-state index < -0.39 is 11.9 Å². The molecule has 5 rings (SSSR count). The summed E-state index contributed by atoms with van der Waals surface area (Å²) in [7, 11) is 0. The van der Waals surface area contributed by atoms with Crippen LogP contribution in [0.4, 0.5) is 13.2 Å². The second kappa shape index (κ2) is 8.83. The summed E-state index contributed by atoms with van der Waals surface area (Å²) >= 11 is 5.89. The van der Waals surface area contributed by atoms with Crippen molar-refractivity contribution in [2.45, 2.75) is 12.8 Å². The topological polar surface area (TPSA) is 39.4 Å². The summed E-state index contributed by atoms with van der Waals surface area (Å²) in [6.45, 7) is 0.342. The average Bonchev–Trinajstić information content (AvgIpc) is 3.27. The van der Waals surface area contributed by atoms with Crippen LogP contribution in [0, 0.1) is 0 Å². The van der Waals surface area contributed by atoms with Crippen molar-refractivity contribution in [3.8, 4) is 28.1 Å². The molecule has 0 radical (unpaired) electrons. The van der Waals surface area contributed by atoms with E-state index in [9.17, 15) is 13.2 Å². The Bertz CT molecular complexity index is 1430. The van der Waals surface area contributed by atoms with E-state index in [2.05, 4.69) is 10.1 Å². The van der Waals surface area contributed by atoms with Crippen LogP contribution in [0.25, 0.3) is 28.0 Å². The number of fused-ring (bicyclic) bond motifs is 1. The number of rotatable bonds is 5. The molecule has 0 aliphatic rings. The molecule has 4 nitrogen and oxygen atoms in total. The molecule has 0 spiro atoms. The second-order valence-electron chi connectivity index (χ2n) is 7.62. The van der Waals surface area contributed by atoms with Crippen LogP contribution in [0.15, 0.2) is 91.1 Å². The Hall–Kier alpha value is -3.84. The van der Waals surface area contributed by atoms with Crippen LogP contribution < -0.4 is 4.74 Å². The minimum Gasteiger partial charge on any atom is -0.489 e.